The molecule has 8 heteroatoms. The molecule has 1 aromatic heterocycles. The van der Waals surface area contributed by atoms with Gasteiger partial charge in [0.25, 0.3) is 10.0 Å². The van der Waals surface area contributed by atoms with Crippen molar-refractivity contribution in [2.45, 2.75) is 23.6 Å². The van der Waals surface area contributed by atoms with Gasteiger partial charge in [0, 0.05) is 26.0 Å². The van der Waals surface area contributed by atoms with Crippen LogP contribution >= 0.6 is 11.8 Å². The lowest BCUT2D eigenvalue weighted by atomic mass is 10.3. The first kappa shape index (κ1) is 19.0. The first-order valence-corrected chi connectivity index (χ1v) is 11.0. The van der Waals surface area contributed by atoms with Crippen LogP contribution in [-0.2, 0) is 19.6 Å². The molecule has 0 radical (unpaired) electrons. The molecule has 0 N–H and O–H groups in total. The van der Waals surface area contributed by atoms with E-state index < -0.39 is 10.0 Å². The monoisotopic (exact) mass is 394 g/mol. The molecule has 1 saturated heterocycles. The smallest absolute Gasteiger partial charge is 0.267 e. The second-order valence-corrected chi connectivity index (χ2v) is 8.73. The number of carbonyl (C=O) groups excluding carboxylic acids is 1. The van der Waals surface area contributed by atoms with Crippen molar-refractivity contribution in [3.8, 4) is 0 Å². The van der Waals surface area contributed by atoms with Crippen LogP contribution in [0.2, 0.25) is 0 Å². The van der Waals surface area contributed by atoms with Gasteiger partial charge in [-0.25, -0.2) is 12.4 Å². The van der Waals surface area contributed by atoms with Crippen molar-refractivity contribution in [1.29, 1.82) is 0 Å². The van der Waals surface area contributed by atoms with E-state index in [1.807, 2.05) is 6.92 Å². The third-order valence-electron chi connectivity index (χ3n) is 4.16. The van der Waals surface area contributed by atoms with Crippen molar-refractivity contribution in [2.24, 2.45) is 0 Å². The summed E-state index contributed by atoms with van der Waals surface area (Å²) >= 11 is 1.46. The molecule has 1 unspecified atom stereocenters. The first-order chi connectivity index (χ1) is 12.6. The van der Waals surface area contributed by atoms with Crippen molar-refractivity contribution in [2.75, 3.05) is 25.5 Å². The molecule has 140 valence electrons. The Bertz CT molecular complexity index is 849. The van der Waals surface area contributed by atoms with Gasteiger partial charge < -0.3 is 9.64 Å². The number of carbonyl (C=O) groups is 1. The van der Waals surface area contributed by atoms with E-state index in [0.717, 1.165) is 6.42 Å². The van der Waals surface area contributed by atoms with Crippen LogP contribution < -0.4 is 0 Å². The molecular formula is C18H22N2O4S2. The summed E-state index contributed by atoms with van der Waals surface area (Å²) in [6.07, 6.45) is 2.27. The third kappa shape index (κ3) is 3.82. The number of ether oxygens (including phenoxy) is 1. The fraction of sp³-hybridized carbons (Fsp3) is 0.389. The molecule has 6 nitrogen and oxygen atoms in total. The average Bonchev–Trinajstić information content (AvgIpc) is 3.27. The van der Waals surface area contributed by atoms with Crippen molar-refractivity contribution in [3.05, 3.63) is 54.4 Å². The van der Waals surface area contributed by atoms with E-state index in [1.165, 1.54) is 15.7 Å². The first-order valence-electron chi connectivity index (χ1n) is 8.52. The summed E-state index contributed by atoms with van der Waals surface area (Å²) in [4.78, 5) is 14.3. The minimum Gasteiger partial charge on any atom is -0.382 e. The lowest BCUT2D eigenvalue weighted by Crippen LogP contribution is -2.31. The van der Waals surface area contributed by atoms with E-state index in [0.29, 0.717) is 31.2 Å². The Morgan fingerprint density at radius 1 is 1.19 bits per heavy atom. The normalized spacial score (nSPS) is 17.8. The van der Waals surface area contributed by atoms with Crippen molar-refractivity contribution in [1.82, 2.24) is 8.87 Å². The maximum atomic E-state index is 13.0. The summed E-state index contributed by atoms with van der Waals surface area (Å²) in [6.45, 7) is 3.71. The predicted octanol–water partition coefficient (Wildman–Crippen LogP) is 2.73. The summed E-state index contributed by atoms with van der Waals surface area (Å²) in [5.74, 6) is 0.386. The molecule has 1 amide bonds. The van der Waals surface area contributed by atoms with Gasteiger partial charge in [-0.3, -0.25) is 4.79 Å². The van der Waals surface area contributed by atoms with Gasteiger partial charge in [0.05, 0.1) is 16.3 Å². The fourth-order valence-electron chi connectivity index (χ4n) is 2.92. The van der Waals surface area contributed by atoms with E-state index in [-0.39, 0.29) is 16.2 Å². The zero-order valence-electron chi connectivity index (χ0n) is 14.6. The molecule has 2 heterocycles. The third-order valence-corrected chi connectivity index (χ3v) is 7.10. The van der Waals surface area contributed by atoms with Gasteiger partial charge in [-0.05, 0) is 37.6 Å². The van der Waals surface area contributed by atoms with Crippen LogP contribution in [0.3, 0.4) is 0 Å². The quantitative estimate of drug-likeness (QED) is 0.644. The number of aromatic nitrogens is 1. The Balaban J connectivity index is 1.86. The Morgan fingerprint density at radius 2 is 1.96 bits per heavy atom. The minimum atomic E-state index is -3.69. The van der Waals surface area contributed by atoms with Crippen molar-refractivity contribution in [3.63, 3.8) is 0 Å². The van der Waals surface area contributed by atoms with Crippen molar-refractivity contribution < 1.29 is 17.9 Å². The Morgan fingerprint density at radius 3 is 2.69 bits per heavy atom. The zero-order valence-corrected chi connectivity index (χ0v) is 16.2. The molecule has 3 rings (SSSR count). The van der Waals surface area contributed by atoms with Crippen LogP contribution in [-0.4, -0.2) is 48.7 Å². The molecular weight excluding hydrogens is 372 g/mol. The molecule has 26 heavy (non-hydrogen) atoms. The number of benzene rings is 1. The number of hydrogen-bond donors (Lipinski definition) is 0. The highest BCUT2D eigenvalue weighted by molar-refractivity contribution is 8.00. The lowest BCUT2D eigenvalue weighted by Gasteiger charge is -2.25. The molecule has 2 aromatic rings. The Hall–Kier alpha value is -1.77. The summed E-state index contributed by atoms with van der Waals surface area (Å²) in [5.41, 5.74) is 0.598. The van der Waals surface area contributed by atoms with Gasteiger partial charge in [-0.15, -0.1) is 11.8 Å². The van der Waals surface area contributed by atoms with Gasteiger partial charge in [0.15, 0.2) is 0 Å². The van der Waals surface area contributed by atoms with Gasteiger partial charge in [0.2, 0.25) is 5.91 Å². The highest BCUT2D eigenvalue weighted by atomic mass is 32.2. The van der Waals surface area contributed by atoms with Crippen LogP contribution in [0.5, 0.6) is 0 Å². The van der Waals surface area contributed by atoms with Gasteiger partial charge in [0.1, 0.15) is 5.37 Å². The minimum absolute atomic E-state index is 0.0290. The largest absolute Gasteiger partial charge is 0.382 e. The van der Waals surface area contributed by atoms with Gasteiger partial charge >= 0.3 is 0 Å². The highest BCUT2D eigenvalue weighted by Crippen LogP contribution is 2.39. The molecule has 0 aliphatic carbocycles. The predicted molar refractivity (Wildman–Crippen MR) is 101 cm³/mol. The summed E-state index contributed by atoms with van der Waals surface area (Å²) < 4.78 is 32.6. The molecule has 1 aliphatic heterocycles. The molecule has 0 bridgehead atoms. The molecule has 1 aromatic carbocycles. The Labute approximate surface area is 158 Å². The van der Waals surface area contributed by atoms with Gasteiger partial charge in [-0.2, -0.15) is 0 Å². The zero-order chi connectivity index (χ0) is 18.6. The van der Waals surface area contributed by atoms with Crippen LogP contribution in [0.4, 0.5) is 0 Å². The lowest BCUT2D eigenvalue weighted by molar-refractivity contribution is -0.128. The average molecular weight is 395 g/mol. The van der Waals surface area contributed by atoms with Crippen LogP contribution in [0.15, 0.2) is 53.6 Å². The van der Waals surface area contributed by atoms with Crippen LogP contribution in [0.25, 0.3) is 0 Å². The Kier molecular flexibility index (Phi) is 6.05. The summed E-state index contributed by atoms with van der Waals surface area (Å²) in [6, 6.07) is 11.8. The standard InChI is InChI=1S/C18H22N2O4S2/c1-2-24-13-7-11-19-17(21)14-25-18(19)16-10-6-12-20(16)26(22,23)15-8-4-3-5-9-15/h3-6,8-10,12,18H,2,7,11,13-14H2,1H3. The van der Waals surface area contributed by atoms with Gasteiger partial charge in [-0.1, -0.05) is 18.2 Å². The highest BCUT2D eigenvalue weighted by Gasteiger charge is 2.35. The molecule has 1 fully saturated rings. The summed E-state index contributed by atoms with van der Waals surface area (Å²) in [7, 11) is -3.69. The second kappa shape index (κ2) is 8.28. The molecule has 0 spiro atoms. The molecule has 1 aliphatic rings. The van der Waals surface area contributed by atoms with E-state index >= 15 is 0 Å². The number of rotatable bonds is 8. The number of nitrogens with zero attached hydrogens (tertiary/aromatic N) is 2. The molecule has 0 saturated carbocycles. The van der Waals surface area contributed by atoms with E-state index in [9.17, 15) is 13.2 Å². The van der Waals surface area contributed by atoms with E-state index in [2.05, 4.69) is 0 Å². The van der Waals surface area contributed by atoms with Crippen LogP contribution in [0, 0.1) is 0 Å². The molecule has 1 atom stereocenters. The van der Waals surface area contributed by atoms with Crippen LogP contribution in [0.1, 0.15) is 24.4 Å². The topological polar surface area (TPSA) is 68.6 Å². The number of amides is 1. The maximum absolute atomic E-state index is 13.0. The van der Waals surface area contributed by atoms with E-state index in [1.54, 1.807) is 53.6 Å². The van der Waals surface area contributed by atoms with Crippen molar-refractivity contribution >= 4 is 27.7 Å². The van der Waals surface area contributed by atoms with E-state index in [4.69, 9.17) is 4.74 Å². The SMILES string of the molecule is CCOCCCN1C(=O)CSC1c1cccn1S(=O)(=O)c1ccccc1. The second-order valence-electron chi connectivity index (χ2n) is 5.85. The number of thioether (sulfide) groups is 1. The summed E-state index contributed by atoms with van der Waals surface area (Å²) in [5, 5.41) is -0.308. The fourth-order valence-corrected chi connectivity index (χ4v) is 5.61. The maximum Gasteiger partial charge on any atom is 0.267 e. The number of hydrogen-bond acceptors (Lipinski definition) is 5.